The van der Waals surface area contributed by atoms with Crippen LogP contribution in [0.4, 0.5) is 4.39 Å². The molecular weight excluding hydrogens is 471 g/mol. The van der Waals surface area contributed by atoms with E-state index in [0.717, 1.165) is 35.9 Å². The molecule has 0 amide bonds. The second-order valence-corrected chi connectivity index (χ2v) is 11.0. The zero-order valence-electron chi connectivity index (χ0n) is 21.8. The summed E-state index contributed by atoms with van der Waals surface area (Å²) in [4.78, 5) is 17.2. The van der Waals surface area contributed by atoms with Crippen LogP contribution in [0, 0.1) is 5.82 Å². The van der Waals surface area contributed by atoms with Gasteiger partial charge in [0.25, 0.3) is 0 Å². The summed E-state index contributed by atoms with van der Waals surface area (Å²) in [5.74, 6) is 0.396. The standard InChI is InChI=1S/C34H31FN2O/c1-21(38)23-13-14-28-32(20-23)37-19-7-11-24-25-15-17-31(27-10-5-6-12-29(27)35)36-30(25)18-16-26(24)34(37)33(28)22-8-3-2-4-9-22/h5-6,10,12-18,20,22H,2-4,7-9,11,19H2,1H3. The lowest BCUT2D eigenvalue weighted by molar-refractivity contribution is 0.101. The zero-order chi connectivity index (χ0) is 25.8. The van der Waals surface area contributed by atoms with Crippen molar-refractivity contribution in [2.24, 2.45) is 0 Å². The minimum Gasteiger partial charge on any atom is -0.340 e. The third-order valence-electron chi connectivity index (χ3n) is 8.72. The van der Waals surface area contributed by atoms with E-state index in [1.54, 1.807) is 19.1 Å². The minimum atomic E-state index is -0.249. The van der Waals surface area contributed by atoms with Gasteiger partial charge < -0.3 is 4.57 Å². The summed E-state index contributed by atoms with van der Waals surface area (Å²) in [6, 6.07) is 21.6. The monoisotopic (exact) mass is 502 g/mol. The maximum atomic E-state index is 14.5. The summed E-state index contributed by atoms with van der Waals surface area (Å²) in [6.07, 6.45) is 8.29. The van der Waals surface area contributed by atoms with Crippen LogP contribution < -0.4 is 0 Å². The summed E-state index contributed by atoms with van der Waals surface area (Å²) < 4.78 is 17.0. The third-order valence-corrected chi connectivity index (χ3v) is 8.72. The zero-order valence-corrected chi connectivity index (χ0v) is 21.8. The van der Waals surface area contributed by atoms with Gasteiger partial charge >= 0.3 is 0 Å². The number of aryl methyl sites for hydroxylation is 2. The first-order chi connectivity index (χ1) is 18.6. The summed E-state index contributed by atoms with van der Waals surface area (Å²) in [5.41, 5.74) is 9.50. The molecule has 3 heterocycles. The molecule has 1 fully saturated rings. The predicted octanol–water partition coefficient (Wildman–Crippen LogP) is 8.86. The number of benzene rings is 3. The summed E-state index contributed by atoms with van der Waals surface area (Å²) in [7, 11) is 0. The average molecular weight is 503 g/mol. The average Bonchev–Trinajstić information content (AvgIpc) is 3.13. The number of Topliss-reactive ketones (excluding diaryl/α,β-unsaturated/α-hetero) is 1. The Morgan fingerprint density at radius 2 is 1.71 bits per heavy atom. The van der Waals surface area contributed by atoms with Gasteiger partial charge in [-0.15, -0.1) is 0 Å². The van der Waals surface area contributed by atoms with Gasteiger partial charge in [-0.2, -0.15) is 0 Å². The molecular formula is C34H31FN2O. The largest absolute Gasteiger partial charge is 0.340 e. The van der Waals surface area contributed by atoms with E-state index in [4.69, 9.17) is 4.98 Å². The summed E-state index contributed by atoms with van der Waals surface area (Å²) >= 11 is 0. The Balaban J connectivity index is 1.47. The second kappa shape index (κ2) is 9.20. The fourth-order valence-corrected chi connectivity index (χ4v) is 6.91. The molecule has 7 rings (SSSR count). The summed E-state index contributed by atoms with van der Waals surface area (Å²) in [5, 5.41) is 2.46. The van der Waals surface area contributed by atoms with Gasteiger partial charge in [0.1, 0.15) is 5.82 Å². The smallest absolute Gasteiger partial charge is 0.159 e. The fraction of sp³-hybridized carbons (Fsp3) is 0.294. The van der Waals surface area contributed by atoms with E-state index in [1.807, 2.05) is 18.2 Å². The van der Waals surface area contributed by atoms with Crippen molar-refractivity contribution in [2.75, 3.05) is 0 Å². The number of aromatic nitrogens is 2. The first-order valence-electron chi connectivity index (χ1n) is 13.9. The van der Waals surface area contributed by atoms with Crippen LogP contribution in [0.25, 0.3) is 44.3 Å². The molecule has 1 aliphatic carbocycles. The van der Waals surface area contributed by atoms with E-state index in [9.17, 15) is 9.18 Å². The van der Waals surface area contributed by atoms with Crippen LogP contribution in [0.1, 0.15) is 72.9 Å². The maximum absolute atomic E-state index is 14.5. The second-order valence-electron chi connectivity index (χ2n) is 11.0. The lowest BCUT2D eigenvalue weighted by Crippen LogP contribution is -2.07. The fourth-order valence-electron chi connectivity index (χ4n) is 6.91. The normalized spacial score (nSPS) is 15.8. The van der Waals surface area contributed by atoms with Crippen molar-refractivity contribution in [3.8, 4) is 22.5 Å². The molecule has 0 saturated heterocycles. The molecule has 190 valence electrons. The number of halogens is 1. The molecule has 0 unspecified atom stereocenters. The highest BCUT2D eigenvalue weighted by molar-refractivity contribution is 6.02. The van der Waals surface area contributed by atoms with E-state index in [1.165, 1.54) is 71.5 Å². The number of fused-ring (bicyclic) bond motifs is 7. The minimum absolute atomic E-state index is 0.110. The maximum Gasteiger partial charge on any atom is 0.159 e. The van der Waals surface area contributed by atoms with Gasteiger partial charge in [-0.05, 0) is 80.0 Å². The molecule has 3 aromatic carbocycles. The molecule has 0 N–H and O–H groups in total. The predicted molar refractivity (Wildman–Crippen MR) is 152 cm³/mol. The molecule has 1 saturated carbocycles. The molecule has 0 bridgehead atoms. The lowest BCUT2D eigenvalue weighted by Gasteiger charge is -2.24. The molecule has 4 heteroatoms. The van der Waals surface area contributed by atoms with E-state index >= 15 is 0 Å². The van der Waals surface area contributed by atoms with E-state index in [0.29, 0.717) is 17.2 Å². The number of pyridine rings is 1. The number of hydrogen-bond donors (Lipinski definition) is 0. The highest BCUT2D eigenvalue weighted by Gasteiger charge is 2.29. The first kappa shape index (κ1) is 23.3. The van der Waals surface area contributed by atoms with Crippen LogP contribution in [-0.4, -0.2) is 15.3 Å². The molecule has 3 nitrogen and oxygen atoms in total. The van der Waals surface area contributed by atoms with Crippen molar-refractivity contribution in [3.63, 3.8) is 0 Å². The molecule has 2 aromatic heterocycles. The number of ketones is 1. The van der Waals surface area contributed by atoms with Crippen LogP contribution in [0.15, 0.2) is 66.7 Å². The summed E-state index contributed by atoms with van der Waals surface area (Å²) in [6.45, 7) is 2.58. The quantitative estimate of drug-likeness (QED) is 0.231. The molecule has 0 radical (unpaired) electrons. The molecule has 2 aliphatic rings. The van der Waals surface area contributed by atoms with Gasteiger partial charge in [-0.25, -0.2) is 9.37 Å². The molecule has 0 spiro atoms. The van der Waals surface area contributed by atoms with Crippen molar-refractivity contribution in [3.05, 3.63) is 89.2 Å². The topological polar surface area (TPSA) is 34.9 Å². The Morgan fingerprint density at radius 1 is 0.895 bits per heavy atom. The highest BCUT2D eigenvalue weighted by atomic mass is 19.1. The highest BCUT2D eigenvalue weighted by Crippen LogP contribution is 2.47. The number of hydrogen-bond acceptors (Lipinski definition) is 2. The van der Waals surface area contributed by atoms with Gasteiger partial charge in [0.2, 0.25) is 0 Å². The van der Waals surface area contributed by atoms with Gasteiger partial charge in [0, 0.05) is 39.5 Å². The molecule has 38 heavy (non-hydrogen) atoms. The Labute approximate surface area is 222 Å². The van der Waals surface area contributed by atoms with E-state index < -0.39 is 0 Å². The Kier molecular flexibility index (Phi) is 5.65. The van der Waals surface area contributed by atoms with Crippen molar-refractivity contribution in [2.45, 2.75) is 64.3 Å². The van der Waals surface area contributed by atoms with Crippen LogP contribution >= 0.6 is 0 Å². The number of carbonyl (C=O) groups is 1. The van der Waals surface area contributed by atoms with Gasteiger partial charge in [-0.3, -0.25) is 4.79 Å². The van der Waals surface area contributed by atoms with Gasteiger partial charge in [-0.1, -0.05) is 55.7 Å². The van der Waals surface area contributed by atoms with Crippen molar-refractivity contribution < 1.29 is 9.18 Å². The molecule has 1 aliphatic heterocycles. The van der Waals surface area contributed by atoms with Crippen molar-refractivity contribution in [1.82, 2.24) is 9.55 Å². The molecule has 5 aromatic rings. The first-order valence-corrected chi connectivity index (χ1v) is 13.9. The Bertz CT molecular complexity index is 1720. The number of carbonyl (C=O) groups excluding carboxylic acids is 1. The van der Waals surface area contributed by atoms with E-state index in [-0.39, 0.29) is 11.6 Å². The van der Waals surface area contributed by atoms with Crippen LogP contribution in [0.3, 0.4) is 0 Å². The number of rotatable bonds is 3. The van der Waals surface area contributed by atoms with Crippen molar-refractivity contribution in [1.29, 1.82) is 0 Å². The molecule has 0 atom stereocenters. The lowest BCUT2D eigenvalue weighted by atomic mass is 9.81. The van der Waals surface area contributed by atoms with Crippen LogP contribution in [0.2, 0.25) is 0 Å². The SMILES string of the molecule is CC(=O)c1ccc2c(C3CCCCC3)c3n(c2c1)CCCc1c-3ccc2nc(-c3ccccc3F)ccc12. The Morgan fingerprint density at radius 3 is 2.53 bits per heavy atom. The number of nitrogens with zero attached hydrogens (tertiary/aromatic N) is 2. The van der Waals surface area contributed by atoms with Crippen molar-refractivity contribution >= 4 is 27.6 Å². The Hall–Kier alpha value is -3.79. The van der Waals surface area contributed by atoms with Crippen LogP contribution in [-0.2, 0) is 13.0 Å². The third kappa shape index (κ3) is 3.69. The van der Waals surface area contributed by atoms with Crippen LogP contribution in [0.5, 0.6) is 0 Å². The van der Waals surface area contributed by atoms with Gasteiger partial charge in [0.05, 0.1) is 16.9 Å². The van der Waals surface area contributed by atoms with E-state index in [2.05, 4.69) is 34.9 Å². The van der Waals surface area contributed by atoms with Gasteiger partial charge in [0.15, 0.2) is 5.78 Å².